The van der Waals surface area contributed by atoms with E-state index in [0.717, 1.165) is 25.7 Å². The third-order valence-corrected chi connectivity index (χ3v) is 5.41. The van der Waals surface area contributed by atoms with Gasteiger partial charge in [0.1, 0.15) is 0 Å². The average Bonchev–Trinajstić information content (AvgIpc) is 2.62. The van der Waals surface area contributed by atoms with Crippen LogP contribution in [0.25, 0.3) is 0 Å². The first-order valence-corrected chi connectivity index (χ1v) is 12.6. The van der Waals surface area contributed by atoms with Gasteiger partial charge < -0.3 is 4.55 Å². The van der Waals surface area contributed by atoms with Gasteiger partial charge in [0.25, 0.3) is 0 Å². The predicted octanol–water partition coefficient (Wildman–Crippen LogP) is 3.92. The summed E-state index contributed by atoms with van der Waals surface area (Å²) in [5.74, 6) is 0.0222. The zero-order valence-corrected chi connectivity index (χ0v) is 22.7. The molecule has 0 radical (unpaired) electrons. The van der Waals surface area contributed by atoms with Gasteiger partial charge >= 0.3 is 51.4 Å². The summed E-state index contributed by atoms with van der Waals surface area (Å²) in [5.41, 5.74) is 0. The Morgan fingerprint density at radius 1 is 0.786 bits per heavy atom. The maximum absolute atomic E-state index is 10.7. The van der Waals surface area contributed by atoms with Crippen molar-refractivity contribution in [2.75, 3.05) is 6.61 Å². The average molecular weight is 443 g/mol. The summed E-state index contributed by atoms with van der Waals surface area (Å²) in [6.07, 6.45) is 23.7. The van der Waals surface area contributed by atoms with E-state index in [4.69, 9.17) is 0 Å². The summed E-state index contributed by atoms with van der Waals surface area (Å²) in [5, 5.41) is 0. The van der Waals surface area contributed by atoms with E-state index in [1.54, 1.807) is 0 Å². The first-order chi connectivity index (χ1) is 13.0. The molecule has 0 N–H and O–H groups in total. The second-order valence-corrected chi connectivity index (χ2v) is 8.75. The topological polar surface area (TPSA) is 66.4 Å². The molecule has 4 nitrogen and oxygen atoms in total. The third kappa shape index (κ3) is 25.3. The Morgan fingerprint density at radius 2 is 1.25 bits per heavy atom. The minimum atomic E-state index is -4.60. The van der Waals surface area contributed by atoms with Crippen molar-refractivity contribution in [3.63, 3.8) is 0 Å². The summed E-state index contributed by atoms with van der Waals surface area (Å²) >= 11 is 0. The Labute approximate surface area is 218 Å². The van der Waals surface area contributed by atoms with Gasteiger partial charge in [0, 0.05) is 5.92 Å². The quantitative estimate of drug-likeness (QED) is 0.0942. The van der Waals surface area contributed by atoms with Crippen LogP contribution in [-0.2, 0) is 14.6 Å². The summed E-state index contributed by atoms with van der Waals surface area (Å²) in [7, 11) is -4.60. The molecule has 1 atom stereocenters. The molecule has 0 aromatic rings. The minimum Gasteiger partial charge on any atom is -0.726 e. The molecule has 0 aromatic heterocycles. The number of hydrogen-bond acceptors (Lipinski definition) is 4. The van der Waals surface area contributed by atoms with Crippen LogP contribution < -0.4 is 51.4 Å². The second-order valence-electron chi connectivity index (χ2n) is 7.70. The zero-order chi connectivity index (χ0) is 20.2. The fraction of sp³-hybridized carbons (Fsp3) is 0.909. The second kappa shape index (κ2) is 22.9. The SMILES string of the molecule is CCCCCC/C=C/C(CCCCCCCCCCCC)COS(=O)(=O)[O-].[K+]. The summed E-state index contributed by atoms with van der Waals surface area (Å²) in [4.78, 5) is 0. The molecule has 0 aromatic carbocycles. The Balaban J connectivity index is 0. The Morgan fingerprint density at radius 3 is 1.75 bits per heavy atom. The first-order valence-electron chi connectivity index (χ1n) is 11.3. The van der Waals surface area contributed by atoms with Crippen LogP contribution in [0.4, 0.5) is 0 Å². The maximum Gasteiger partial charge on any atom is 1.00 e. The molecule has 0 amide bonds. The van der Waals surface area contributed by atoms with Crippen molar-refractivity contribution in [3.05, 3.63) is 12.2 Å². The molecule has 6 heteroatoms. The van der Waals surface area contributed by atoms with E-state index < -0.39 is 10.4 Å². The fourth-order valence-corrected chi connectivity index (χ4v) is 3.62. The molecule has 0 saturated heterocycles. The standard InChI is InChI=1S/C22H44O4S.K/c1-3-5-7-9-11-12-13-14-16-18-20-22(21-26-27(23,24)25)19-17-15-10-8-6-4-2;/h17,19,22H,3-16,18,20-21H2,1-2H3,(H,23,24,25);/q;+1/p-1/b19-17+;. The van der Waals surface area contributed by atoms with Gasteiger partial charge in [0.2, 0.25) is 10.4 Å². The van der Waals surface area contributed by atoms with Gasteiger partial charge in [0.05, 0.1) is 6.61 Å². The number of allylic oxidation sites excluding steroid dienone is 1. The van der Waals surface area contributed by atoms with Crippen molar-refractivity contribution in [3.8, 4) is 0 Å². The monoisotopic (exact) mass is 442 g/mol. The van der Waals surface area contributed by atoms with Gasteiger partial charge in [-0.3, -0.25) is 4.18 Å². The van der Waals surface area contributed by atoms with E-state index >= 15 is 0 Å². The van der Waals surface area contributed by atoms with Crippen molar-refractivity contribution in [2.45, 2.75) is 117 Å². The van der Waals surface area contributed by atoms with E-state index in [9.17, 15) is 13.0 Å². The Hall–Kier alpha value is 1.25. The van der Waals surface area contributed by atoms with Gasteiger partial charge in [-0.1, -0.05) is 109 Å². The predicted molar refractivity (Wildman–Crippen MR) is 113 cm³/mol. The molecule has 162 valence electrons. The zero-order valence-electron chi connectivity index (χ0n) is 18.8. The smallest absolute Gasteiger partial charge is 0.726 e. The summed E-state index contributed by atoms with van der Waals surface area (Å²) < 4.78 is 36.7. The van der Waals surface area contributed by atoms with E-state index in [1.165, 1.54) is 77.0 Å². The van der Waals surface area contributed by atoms with Crippen LogP contribution in [0.2, 0.25) is 0 Å². The van der Waals surface area contributed by atoms with Gasteiger partial charge in [0.15, 0.2) is 0 Å². The molecule has 0 aliphatic rings. The van der Waals surface area contributed by atoms with Crippen LogP contribution in [0.3, 0.4) is 0 Å². The summed E-state index contributed by atoms with van der Waals surface area (Å²) in [6.45, 7) is 4.42. The van der Waals surface area contributed by atoms with E-state index in [1.807, 2.05) is 6.08 Å². The number of unbranched alkanes of at least 4 members (excludes halogenated alkanes) is 13. The Bertz CT molecular complexity index is 438. The molecule has 0 saturated carbocycles. The largest absolute Gasteiger partial charge is 1.00 e. The number of rotatable bonds is 20. The van der Waals surface area contributed by atoms with Crippen LogP contribution in [0, 0.1) is 5.92 Å². The molecule has 1 unspecified atom stereocenters. The molecule has 0 bridgehead atoms. The van der Waals surface area contributed by atoms with E-state index in [0.29, 0.717) is 0 Å². The third-order valence-electron chi connectivity index (χ3n) is 4.99. The van der Waals surface area contributed by atoms with Crippen LogP contribution in [0.1, 0.15) is 117 Å². The Kier molecular flexibility index (Phi) is 25.7. The molecular formula is C22H43KO4S. The van der Waals surface area contributed by atoms with E-state index in [-0.39, 0.29) is 63.9 Å². The van der Waals surface area contributed by atoms with Crippen LogP contribution in [-0.4, -0.2) is 19.6 Å². The van der Waals surface area contributed by atoms with Gasteiger partial charge in [-0.15, -0.1) is 0 Å². The van der Waals surface area contributed by atoms with Gasteiger partial charge in [-0.25, -0.2) is 8.42 Å². The molecule has 0 fully saturated rings. The van der Waals surface area contributed by atoms with Crippen molar-refractivity contribution in [1.29, 1.82) is 0 Å². The molecule has 0 rings (SSSR count). The van der Waals surface area contributed by atoms with Crippen molar-refractivity contribution >= 4 is 10.4 Å². The van der Waals surface area contributed by atoms with Gasteiger partial charge in [-0.2, -0.15) is 0 Å². The first kappa shape index (κ1) is 31.4. The molecular weight excluding hydrogens is 399 g/mol. The molecule has 0 spiro atoms. The molecule has 0 aliphatic heterocycles. The number of hydrogen-bond donors (Lipinski definition) is 0. The fourth-order valence-electron chi connectivity index (χ4n) is 3.28. The molecule has 28 heavy (non-hydrogen) atoms. The minimum absolute atomic E-state index is 0. The maximum atomic E-state index is 10.7. The van der Waals surface area contributed by atoms with Crippen LogP contribution >= 0.6 is 0 Å². The van der Waals surface area contributed by atoms with Crippen molar-refractivity contribution < 1.29 is 68.5 Å². The molecule has 0 heterocycles. The molecule has 0 aliphatic carbocycles. The van der Waals surface area contributed by atoms with Gasteiger partial charge in [-0.05, 0) is 19.3 Å². The van der Waals surface area contributed by atoms with Crippen LogP contribution in [0.5, 0.6) is 0 Å². The summed E-state index contributed by atoms with van der Waals surface area (Å²) in [6, 6.07) is 0. The normalized spacial score (nSPS) is 13.0. The van der Waals surface area contributed by atoms with E-state index in [2.05, 4.69) is 24.1 Å². The van der Waals surface area contributed by atoms with Crippen molar-refractivity contribution in [1.82, 2.24) is 0 Å². The van der Waals surface area contributed by atoms with Crippen LogP contribution in [0.15, 0.2) is 12.2 Å². The van der Waals surface area contributed by atoms with Crippen molar-refractivity contribution in [2.24, 2.45) is 5.92 Å².